The van der Waals surface area contributed by atoms with Crippen molar-refractivity contribution in [2.75, 3.05) is 6.54 Å². The molecule has 0 atom stereocenters. The van der Waals surface area contributed by atoms with Crippen LogP contribution >= 0.6 is 12.2 Å². The first kappa shape index (κ1) is 11.9. The molecule has 4 N–H and O–H groups in total. The topological polar surface area (TPSA) is 50.1 Å². The number of nitrogens with one attached hydrogen (secondary N) is 2. The summed E-state index contributed by atoms with van der Waals surface area (Å²) >= 11 is 4.85. The molecule has 0 saturated carbocycles. The lowest BCUT2D eigenvalue weighted by molar-refractivity contribution is 0.703. The Balaban J connectivity index is 2.05. The van der Waals surface area contributed by atoms with Crippen molar-refractivity contribution in [2.24, 2.45) is 5.84 Å². The number of hydrazine groups is 1. The standard InChI is InChI=1S/C11H17N3S/c12-14-11(15)13-9-5-4-8-10-6-2-1-3-7-10/h1-3,6-7H,4-5,8-9,12H2,(H2,13,14,15). The summed E-state index contributed by atoms with van der Waals surface area (Å²) in [4.78, 5) is 0. The van der Waals surface area contributed by atoms with E-state index >= 15 is 0 Å². The van der Waals surface area contributed by atoms with E-state index in [-0.39, 0.29) is 0 Å². The number of hydrogen-bond acceptors (Lipinski definition) is 2. The number of rotatable bonds is 5. The molecular formula is C11H17N3S. The van der Waals surface area contributed by atoms with Gasteiger partial charge in [0.05, 0.1) is 0 Å². The van der Waals surface area contributed by atoms with E-state index < -0.39 is 0 Å². The van der Waals surface area contributed by atoms with Crippen LogP contribution in [0.2, 0.25) is 0 Å². The van der Waals surface area contributed by atoms with Crippen LogP contribution in [0.5, 0.6) is 0 Å². The number of hydrogen-bond donors (Lipinski definition) is 3. The van der Waals surface area contributed by atoms with Gasteiger partial charge in [-0.3, -0.25) is 0 Å². The number of benzene rings is 1. The van der Waals surface area contributed by atoms with Crippen molar-refractivity contribution in [3.8, 4) is 0 Å². The molecule has 0 aromatic heterocycles. The average Bonchev–Trinajstić information content (AvgIpc) is 2.29. The lowest BCUT2D eigenvalue weighted by atomic mass is 10.1. The van der Waals surface area contributed by atoms with Gasteiger partial charge in [0.2, 0.25) is 0 Å². The smallest absolute Gasteiger partial charge is 0.180 e. The van der Waals surface area contributed by atoms with E-state index in [1.165, 1.54) is 5.56 Å². The van der Waals surface area contributed by atoms with Crippen molar-refractivity contribution in [2.45, 2.75) is 19.3 Å². The van der Waals surface area contributed by atoms with E-state index in [0.29, 0.717) is 5.11 Å². The van der Waals surface area contributed by atoms with Crippen LogP contribution in [0.3, 0.4) is 0 Å². The van der Waals surface area contributed by atoms with Gasteiger partial charge in [-0.15, -0.1) is 0 Å². The van der Waals surface area contributed by atoms with Crippen molar-refractivity contribution >= 4 is 17.3 Å². The van der Waals surface area contributed by atoms with Gasteiger partial charge in [-0.2, -0.15) is 0 Å². The van der Waals surface area contributed by atoms with Gasteiger partial charge in [0.25, 0.3) is 0 Å². The summed E-state index contributed by atoms with van der Waals surface area (Å²) in [6.07, 6.45) is 3.37. The highest BCUT2D eigenvalue weighted by atomic mass is 32.1. The Morgan fingerprint density at radius 3 is 2.60 bits per heavy atom. The summed E-state index contributed by atoms with van der Waals surface area (Å²) < 4.78 is 0. The summed E-state index contributed by atoms with van der Waals surface area (Å²) in [5.74, 6) is 5.12. The second-order valence-electron chi connectivity index (χ2n) is 3.34. The van der Waals surface area contributed by atoms with Crippen LogP contribution in [0.4, 0.5) is 0 Å². The number of thiocarbonyl (C=S) groups is 1. The van der Waals surface area contributed by atoms with Crippen molar-refractivity contribution in [3.63, 3.8) is 0 Å². The van der Waals surface area contributed by atoms with Gasteiger partial charge >= 0.3 is 0 Å². The molecule has 0 aliphatic carbocycles. The first-order valence-electron chi connectivity index (χ1n) is 5.11. The zero-order valence-corrected chi connectivity index (χ0v) is 9.52. The van der Waals surface area contributed by atoms with Gasteiger partial charge < -0.3 is 10.7 Å². The molecule has 0 saturated heterocycles. The number of unbranched alkanes of at least 4 members (excludes halogenated alkanes) is 1. The van der Waals surface area contributed by atoms with Crippen LogP contribution < -0.4 is 16.6 Å². The van der Waals surface area contributed by atoms with Crippen LogP contribution in [0.25, 0.3) is 0 Å². The van der Waals surface area contributed by atoms with E-state index in [4.69, 9.17) is 18.1 Å². The number of nitrogens with two attached hydrogens (primary N) is 1. The Hall–Kier alpha value is -1.13. The monoisotopic (exact) mass is 223 g/mol. The van der Waals surface area contributed by atoms with Crippen LogP contribution in [0, 0.1) is 0 Å². The van der Waals surface area contributed by atoms with Gasteiger partial charge in [-0.1, -0.05) is 30.3 Å². The molecule has 0 spiro atoms. The van der Waals surface area contributed by atoms with Gasteiger partial charge in [-0.05, 0) is 37.0 Å². The highest BCUT2D eigenvalue weighted by Gasteiger charge is 1.93. The van der Waals surface area contributed by atoms with Gasteiger partial charge in [-0.25, -0.2) is 5.84 Å². The lowest BCUT2D eigenvalue weighted by Crippen LogP contribution is -2.39. The fourth-order valence-electron chi connectivity index (χ4n) is 1.35. The first-order valence-corrected chi connectivity index (χ1v) is 5.52. The molecule has 1 aromatic rings. The Labute approximate surface area is 96.0 Å². The molecule has 0 heterocycles. The first-order chi connectivity index (χ1) is 7.33. The van der Waals surface area contributed by atoms with E-state index in [0.717, 1.165) is 25.8 Å². The third-order valence-corrected chi connectivity index (χ3v) is 2.41. The fourth-order valence-corrected chi connectivity index (χ4v) is 1.45. The van der Waals surface area contributed by atoms with E-state index in [9.17, 15) is 0 Å². The molecule has 0 unspecified atom stereocenters. The fraction of sp³-hybridized carbons (Fsp3) is 0.364. The van der Waals surface area contributed by atoms with Gasteiger partial charge in [0.1, 0.15) is 0 Å². The molecule has 0 aliphatic rings. The molecule has 0 amide bonds. The predicted octanol–water partition coefficient (Wildman–Crippen LogP) is 1.35. The average molecular weight is 223 g/mol. The zero-order chi connectivity index (χ0) is 10.9. The third-order valence-electron chi connectivity index (χ3n) is 2.15. The molecule has 4 heteroatoms. The summed E-state index contributed by atoms with van der Waals surface area (Å²) in [5, 5.41) is 3.52. The van der Waals surface area contributed by atoms with Crippen molar-refractivity contribution < 1.29 is 0 Å². The minimum atomic E-state index is 0.509. The predicted molar refractivity (Wildman–Crippen MR) is 67.3 cm³/mol. The summed E-state index contributed by atoms with van der Waals surface area (Å²) in [7, 11) is 0. The molecule has 3 nitrogen and oxygen atoms in total. The van der Waals surface area contributed by atoms with Crippen LogP contribution in [0.1, 0.15) is 18.4 Å². The third kappa shape index (κ3) is 5.34. The second kappa shape index (κ2) is 7.20. The molecule has 82 valence electrons. The Morgan fingerprint density at radius 1 is 1.20 bits per heavy atom. The van der Waals surface area contributed by atoms with Crippen molar-refractivity contribution in [3.05, 3.63) is 35.9 Å². The maximum Gasteiger partial charge on any atom is 0.180 e. The molecule has 0 fully saturated rings. The van der Waals surface area contributed by atoms with Crippen molar-refractivity contribution in [1.82, 2.24) is 10.7 Å². The molecule has 0 aliphatic heterocycles. The van der Waals surface area contributed by atoms with E-state index in [1.807, 2.05) is 6.07 Å². The number of aryl methyl sites for hydroxylation is 1. The Morgan fingerprint density at radius 2 is 1.93 bits per heavy atom. The molecule has 0 radical (unpaired) electrons. The Bertz CT molecular complexity index is 287. The minimum absolute atomic E-state index is 0.509. The van der Waals surface area contributed by atoms with E-state index in [1.54, 1.807) is 0 Å². The SMILES string of the molecule is NNC(=S)NCCCCc1ccccc1. The second-order valence-corrected chi connectivity index (χ2v) is 3.75. The molecule has 0 bridgehead atoms. The quantitative estimate of drug-likeness (QED) is 0.305. The van der Waals surface area contributed by atoms with Crippen LogP contribution in [0.15, 0.2) is 30.3 Å². The minimum Gasteiger partial charge on any atom is -0.362 e. The zero-order valence-electron chi connectivity index (χ0n) is 8.70. The maximum atomic E-state index is 5.12. The van der Waals surface area contributed by atoms with Gasteiger partial charge in [0.15, 0.2) is 5.11 Å². The van der Waals surface area contributed by atoms with Crippen LogP contribution in [-0.2, 0) is 6.42 Å². The van der Waals surface area contributed by atoms with Crippen LogP contribution in [-0.4, -0.2) is 11.7 Å². The lowest BCUT2D eigenvalue weighted by Gasteiger charge is -2.06. The molecule has 15 heavy (non-hydrogen) atoms. The Kier molecular flexibility index (Phi) is 5.73. The summed E-state index contributed by atoms with van der Waals surface area (Å²) in [6, 6.07) is 10.5. The molecule has 1 aromatic carbocycles. The summed E-state index contributed by atoms with van der Waals surface area (Å²) in [6.45, 7) is 0.871. The highest BCUT2D eigenvalue weighted by molar-refractivity contribution is 7.80. The normalized spacial score (nSPS) is 9.67. The van der Waals surface area contributed by atoms with Crippen molar-refractivity contribution in [1.29, 1.82) is 0 Å². The van der Waals surface area contributed by atoms with Gasteiger partial charge in [0, 0.05) is 6.54 Å². The molecule has 1 rings (SSSR count). The molecular weight excluding hydrogens is 206 g/mol. The highest BCUT2D eigenvalue weighted by Crippen LogP contribution is 2.03. The largest absolute Gasteiger partial charge is 0.362 e. The van der Waals surface area contributed by atoms with E-state index in [2.05, 4.69) is 35.0 Å². The maximum absolute atomic E-state index is 5.12. The summed E-state index contributed by atoms with van der Waals surface area (Å²) in [5.41, 5.74) is 3.78.